The minimum Gasteiger partial charge on any atom is -0.469 e. The number of aliphatic imine (C=N–C) groups is 1. The van der Waals surface area contributed by atoms with E-state index in [0.717, 1.165) is 62.7 Å². The highest BCUT2D eigenvalue weighted by atomic mass is 16.5. The van der Waals surface area contributed by atoms with Crippen LogP contribution in [-0.2, 0) is 11.2 Å². The number of rotatable bonds is 9. The third kappa shape index (κ3) is 5.00. The molecule has 0 aromatic carbocycles. The second kappa shape index (κ2) is 9.11. The number of guanidine groups is 1. The van der Waals surface area contributed by atoms with Gasteiger partial charge in [0.25, 0.3) is 0 Å². The summed E-state index contributed by atoms with van der Waals surface area (Å²) in [5.41, 5.74) is 0. The topological polar surface area (TPSA) is 58.8 Å². The van der Waals surface area contributed by atoms with Crippen LogP contribution in [0.25, 0.3) is 0 Å². The smallest absolute Gasteiger partial charge is 0.191 e. The highest BCUT2D eigenvalue weighted by Gasteiger charge is 2.39. The standard InChI is InChI=1S/C19H31N3O2/c1-2-23-11-4-9-20-19(21-10-8-17-5-3-12-24-17)22-18-14-15-6-7-16(18)13-15/h3,5,12,15-16,18H,2,4,6-11,13-14H2,1H3,(H2,20,21,22). The molecule has 1 aromatic heterocycles. The van der Waals surface area contributed by atoms with Crippen LogP contribution in [0.4, 0.5) is 0 Å². The van der Waals surface area contributed by atoms with Crippen molar-refractivity contribution in [1.29, 1.82) is 0 Å². The molecule has 0 spiro atoms. The molecule has 2 fully saturated rings. The van der Waals surface area contributed by atoms with Crippen LogP contribution in [0.1, 0.15) is 44.8 Å². The van der Waals surface area contributed by atoms with E-state index in [1.54, 1.807) is 6.26 Å². The largest absolute Gasteiger partial charge is 0.469 e. The Balaban J connectivity index is 1.46. The maximum Gasteiger partial charge on any atom is 0.191 e. The Morgan fingerprint density at radius 2 is 2.33 bits per heavy atom. The lowest BCUT2D eigenvalue weighted by molar-refractivity contribution is 0.146. The van der Waals surface area contributed by atoms with E-state index in [1.807, 2.05) is 19.1 Å². The van der Waals surface area contributed by atoms with Crippen molar-refractivity contribution < 1.29 is 9.15 Å². The van der Waals surface area contributed by atoms with Gasteiger partial charge in [-0.15, -0.1) is 0 Å². The summed E-state index contributed by atoms with van der Waals surface area (Å²) in [6.45, 7) is 5.24. The molecular formula is C19H31N3O2. The van der Waals surface area contributed by atoms with Gasteiger partial charge in [0.2, 0.25) is 0 Å². The van der Waals surface area contributed by atoms with Crippen molar-refractivity contribution in [3.8, 4) is 0 Å². The molecular weight excluding hydrogens is 302 g/mol. The van der Waals surface area contributed by atoms with E-state index >= 15 is 0 Å². The molecule has 0 amide bonds. The Morgan fingerprint density at radius 1 is 1.38 bits per heavy atom. The highest BCUT2D eigenvalue weighted by molar-refractivity contribution is 5.80. The van der Waals surface area contributed by atoms with Crippen molar-refractivity contribution in [3.63, 3.8) is 0 Å². The number of fused-ring (bicyclic) bond motifs is 2. The maximum absolute atomic E-state index is 5.40. The van der Waals surface area contributed by atoms with Gasteiger partial charge in [-0.1, -0.05) is 6.42 Å². The zero-order valence-electron chi connectivity index (χ0n) is 14.8. The molecule has 0 radical (unpaired) electrons. The molecule has 2 aliphatic carbocycles. The van der Waals surface area contributed by atoms with Crippen LogP contribution in [0, 0.1) is 11.8 Å². The molecule has 3 rings (SSSR count). The van der Waals surface area contributed by atoms with Crippen LogP contribution in [0.15, 0.2) is 27.8 Å². The summed E-state index contributed by atoms with van der Waals surface area (Å²) < 4.78 is 10.8. The lowest BCUT2D eigenvalue weighted by Crippen LogP contribution is -2.46. The van der Waals surface area contributed by atoms with Gasteiger partial charge < -0.3 is 19.8 Å². The van der Waals surface area contributed by atoms with Gasteiger partial charge >= 0.3 is 0 Å². The molecule has 134 valence electrons. The summed E-state index contributed by atoms with van der Waals surface area (Å²) in [4.78, 5) is 4.75. The Hall–Kier alpha value is -1.49. The lowest BCUT2D eigenvalue weighted by Gasteiger charge is -2.25. The van der Waals surface area contributed by atoms with Crippen LogP contribution in [-0.4, -0.2) is 38.3 Å². The van der Waals surface area contributed by atoms with Crippen LogP contribution in [0.2, 0.25) is 0 Å². The normalized spacial score (nSPS) is 26.0. The van der Waals surface area contributed by atoms with Gasteiger partial charge in [0.1, 0.15) is 5.76 Å². The number of ether oxygens (including phenoxy) is 1. The zero-order valence-corrected chi connectivity index (χ0v) is 14.8. The first-order chi connectivity index (χ1) is 11.8. The molecule has 1 aromatic rings. The van der Waals surface area contributed by atoms with E-state index < -0.39 is 0 Å². The van der Waals surface area contributed by atoms with Crippen molar-refractivity contribution >= 4 is 5.96 Å². The predicted molar refractivity (Wildman–Crippen MR) is 96.2 cm³/mol. The van der Waals surface area contributed by atoms with Crippen LogP contribution in [0.5, 0.6) is 0 Å². The van der Waals surface area contributed by atoms with Gasteiger partial charge in [-0.2, -0.15) is 0 Å². The molecule has 3 unspecified atom stereocenters. The van der Waals surface area contributed by atoms with Crippen molar-refractivity contribution in [1.82, 2.24) is 10.6 Å². The van der Waals surface area contributed by atoms with E-state index in [9.17, 15) is 0 Å². The molecule has 5 nitrogen and oxygen atoms in total. The molecule has 5 heteroatoms. The van der Waals surface area contributed by atoms with Gasteiger partial charge in [0, 0.05) is 38.8 Å². The second-order valence-corrected chi connectivity index (χ2v) is 6.96. The molecule has 2 saturated carbocycles. The van der Waals surface area contributed by atoms with E-state index in [0.29, 0.717) is 6.04 Å². The zero-order chi connectivity index (χ0) is 16.6. The first-order valence-electron chi connectivity index (χ1n) is 9.50. The summed E-state index contributed by atoms with van der Waals surface area (Å²) in [5.74, 6) is 3.75. The molecule has 3 atom stereocenters. The average molecular weight is 333 g/mol. The Labute approximate surface area is 145 Å². The van der Waals surface area contributed by atoms with E-state index in [1.165, 1.54) is 25.7 Å². The van der Waals surface area contributed by atoms with Gasteiger partial charge in [-0.05, 0) is 56.6 Å². The fraction of sp³-hybridized carbons (Fsp3) is 0.737. The summed E-state index contributed by atoms with van der Waals surface area (Å²) in [5, 5.41) is 7.16. The van der Waals surface area contributed by atoms with E-state index in [-0.39, 0.29) is 0 Å². The molecule has 2 N–H and O–H groups in total. The van der Waals surface area contributed by atoms with Crippen molar-refractivity contribution in [2.75, 3.05) is 26.3 Å². The van der Waals surface area contributed by atoms with Gasteiger partial charge in [0.05, 0.1) is 6.26 Å². The molecule has 2 bridgehead atoms. The van der Waals surface area contributed by atoms with Crippen molar-refractivity contribution in [2.45, 2.75) is 51.5 Å². The first-order valence-corrected chi connectivity index (χ1v) is 9.50. The van der Waals surface area contributed by atoms with Crippen LogP contribution < -0.4 is 10.6 Å². The number of nitrogens with zero attached hydrogens (tertiary/aromatic N) is 1. The Morgan fingerprint density at radius 3 is 3.04 bits per heavy atom. The summed E-state index contributed by atoms with van der Waals surface area (Å²) in [6, 6.07) is 4.56. The lowest BCUT2D eigenvalue weighted by atomic mass is 9.95. The maximum atomic E-state index is 5.40. The molecule has 0 saturated heterocycles. The summed E-state index contributed by atoms with van der Waals surface area (Å²) >= 11 is 0. The molecule has 24 heavy (non-hydrogen) atoms. The van der Waals surface area contributed by atoms with E-state index in [2.05, 4.69) is 10.6 Å². The number of hydrogen-bond acceptors (Lipinski definition) is 3. The van der Waals surface area contributed by atoms with Crippen molar-refractivity contribution in [2.24, 2.45) is 16.8 Å². The predicted octanol–water partition coefficient (Wildman–Crippen LogP) is 2.97. The first kappa shape index (κ1) is 17.3. The number of nitrogens with one attached hydrogen (secondary N) is 2. The highest BCUT2D eigenvalue weighted by Crippen LogP contribution is 2.44. The quantitative estimate of drug-likeness (QED) is 0.414. The number of furan rings is 1. The number of hydrogen-bond donors (Lipinski definition) is 2. The second-order valence-electron chi connectivity index (χ2n) is 6.96. The van der Waals surface area contributed by atoms with E-state index in [4.69, 9.17) is 14.1 Å². The van der Waals surface area contributed by atoms with Crippen molar-refractivity contribution in [3.05, 3.63) is 24.2 Å². The fourth-order valence-corrected chi connectivity index (χ4v) is 4.01. The monoisotopic (exact) mass is 333 g/mol. The van der Waals surface area contributed by atoms with Gasteiger partial charge in [0.15, 0.2) is 5.96 Å². The third-order valence-corrected chi connectivity index (χ3v) is 5.22. The fourth-order valence-electron chi connectivity index (χ4n) is 4.01. The third-order valence-electron chi connectivity index (χ3n) is 5.22. The molecule has 1 heterocycles. The summed E-state index contributed by atoms with van der Waals surface area (Å²) in [7, 11) is 0. The van der Waals surface area contributed by atoms with Gasteiger partial charge in [-0.25, -0.2) is 0 Å². The van der Waals surface area contributed by atoms with Gasteiger partial charge in [-0.3, -0.25) is 4.99 Å². The SMILES string of the molecule is CCOCCCN=C(NCCc1ccco1)NC1CC2CCC1C2. The Kier molecular flexibility index (Phi) is 6.58. The molecule has 0 aliphatic heterocycles. The van der Waals surface area contributed by atoms with Crippen LogP contribution >= 0.6 is 0 Å². The minimum absolute atomic E-state index is 0.602. The molecule has 2 aliphatic rings. The Bertz CT molecular complexity index is 501. The minimum atomic E-state index is 0.602. The summed E-state index contributed by atoms with van der Waals surface area (Å²) in [6.07, 6.45) is 9.09. The van der Waals surface area contributed by atoms with Crippen LogP contribution in [0.3, 0.4) is 0 Å². The average Bonchev–Trinajstić information content (AvgIpc) is 3.32.